The molecule has 5 rings (SSSR count). The molecule has 2 amide bonds. The smallest absolute Gasteiger partial charge is 0.332 e. The van der Waals surface area contributed by atoms with Crippen molar-refractivity contribution in [3.05, 3.63) is 127 Å². The summed E-state index contributed by atoms with van der Waals surface area (Å²) in [6.07, 6.45) is 7.61. The number of rotatable bonds is 10. The Labute approximate surface area is 248 Å². The van der Waals surface area contributed by atoms with Gasteiger partial charge in [0.05, 0.1) is 17.4 Å². The number of para-hydroxylation sites is 1. The summed E-state index contributed by atoms with van der Waals surface area (Å²) in [5.41, 5.74) is 2.70. The van der Waals surface area contributed by atoms with Crippen molar-refractivity contribution in [2.75, 3.05) is 6.54 Å². The Morgan fingerprint density at radius 3 is 2.38 bits per heavy atom. The number of carbonyl (C=O) groups excluding carboxylic acids is 2. The van der Waals surface area contributed by atoms with Gasteiger partial charge in [0.25, 0.3) is 11.5 Å². The molecule has 8 nitrogen and oxygen atoms in total. The standard InChI is InChI=1S/C33H33ClN4O4/c34-28-12-6-4-10-26(28)20-36-31(40)25-16-14-24(15-17-25)21-38-32(41)27-11-5-7-13-29(27)37(33(38)42)22-30(39)35-19-18-23-8-2-1-3-9-23/h4-8,10-17H,1-3,9,18-22H2,(H,35,39)(H,36,40). The van der Waals surface area contributed by atoms with Crippen LogP contribution in [0.2, 0.25) is 5.02 Å². The first-order chi connectivity index (χ1) is 20.4. The van der Waals surface area contributed by atoms with Crippen molar-refractivity contribution in [2.45, 2.75) is 51.7 Å². The van der Waals surface area contributed by atoms with Crippen LogP contribution in [0.3, 0.4) is 0 Å². The topological polar surface area (TPSA) is 102 Å². The lowest BCUT2D eigenvalue weighted by atomic mass is 9.97. The molecule has 0 bridgehead atoms. The Kier molecular flexibility index (Phi) is 9.34. The van der Waals surface area contributed by atoms with Crippen LogP contribution in [0.25, 0.3) is 10.9 Å². The first kappa shape index (κ1) is 29.1. The van der Waals surface area contributed by atoms with Gasteiger partial charge in [0.2, 0.25) is 5.91 Å². The highest BCUT2D eigenvalue weighted by molar-refractivity contribution is 6.31. The third-order valence-corrected chi connectivity index (χ3v) is 7.91. The van der Waals surface area contributed by atoms with E-state index in [1.165, 1.54) is 23.0 Å². The Morgan fingerprint density at radius 2 is 1.62 bits per heavy atom. The summed E-state index contributed by atoms with van der Waals surface area (Å²) < 4.78 is 2.48. The lowest BCUT2D eigenvalue weighted by Crippen LogP contribution is -2.43. The summed E-state index contributed by atoms with van der Waals surface area (Å²) in [5, 5.41) is 6.70. The molecule has 0 saturated carbocycles. The van der Waals surface area contributed by atoms with Crippen molar-refractivity contribution in [3.8, 4) is 0 Å². The maximum absolute atomic E-state index is 13.5. The highest BCUT2D eigenvalue weighted by Crippen LogP contribution is 2.19. The predicted molar refractivity (Wildman–Crippen MR) is 165 cm³/mol. The minimum absolute atomic E-state index is 0.000201. The van der Waals surface area contributed by atoms with Gasteiger partial charge in [0.1, 0.15) is 6.54 Å². The number of aromatic nitrogens is 2. The van der Waals surface area contributed by atoms with Gasteiger partial charge < -0.3 is 10.6 Å². The average molecular weight is 585 g/mol. The van der Waals surface area contributed by atoms with Crippen LogP contribution >= 0.6 is 11.6 Å². The monoisotopic (exact) mass is 584 g/mol. The molecule has 2 N–H and O–H groups in total. The molecule has 0 saturated heterocycles. The molecule has 42 heavy (non-hydrogen) atoms. The number of amides is 2. The van der Waals surface area contributed by atoms with E-state index in [1.807, 2.05) is 18.2 Å². The second-order valence-corrected chi connectivity index (χ2v) is 10.9. The van der Waals surface area contributed by atoms with Crippen LogP contribution in [-0.2, 0) is 24.4 Å². The zero-order valence-corrected chi connectivity index (χ0v) is 24.0. The normalized spacial score (nSPS) is 13.0. The predicted octanol–water partition coefficient (Wildman–Crippen LogP) is 4.80. The largest absolute Gasteiger partial charge is 0.354 e. The quantitative estimate of drug-likeness (QED) is 0.261. The molecule has 0 aliphatic heterocycles. The molecular formula is C33H33ClN4O4. The van der Waals surface area contributed by atoms with Gasteiger partial charge >= 0.3 is 5.69 Å². The third kappa shape index (κ3) is 6.89. The lowest BCUT2D eigenvalue weighted by molar-refractivity contribution is -0.121. The zero-order valence-electron chi connectivity index (χ0n) is 23.3. The molecule has 0 spiro atoms. The van der Waals surface area contributed by atoms with E-state index in [-0.39, 0.29) is 31.4 Å². The van der Waals surface area contributed by atoms with Crippen LogP contribution in [0.5, 0.6) is 0 Å². The van der Waals surface area contributed by atoms with Gasteiger partial charge in [-0.3, -0.25) is 23.5 Å². The van der Waals surface area contributed by atoms with E-state index in [4.69, 9.17) is 11.6 Å². The fourth-order valence-electron chi connectivity index (χ4n) is 5.22. The summed E-state index contributed by atoms with van der Waals surface area (Å²) >= 11 is 6.17. The maximum Gasteiger partial charge on any atom is 0.332 e. The summed E-state index contributed by atoms with van der Waals surface area (Å²) in [5.74, 6) is -0.548. The number of benzene rings is 3. The van der Waals surface area contributed by atoms with Crippen LogP contribution in [0, 0.1) is 0 Å². The van der Waals surface area contributed by atoms with E-state index in [9.17, 15) is 19.2 Å². The van der Waals surface area contributed by atoms with Crippen LogP contribution in [0.1, 0.15) is 53.6 Å². The molecular weight excluding hydrogens is 552 g/mol. The number of fused-ring (bicyclic) bond motifs is 1. The van der Waals surface area contributed by atoms with Crippen molar-refractivity contribution in [3.63, 3.8) is 0 Å². The highest BCUT2D eigenvalue weighted by atomic mass is 35.5. The molecule has 3 aromatic carbocycles. The summed E-state index contributed by atoms with van der Waals surface area (Å²) in [4.78, 5) is 52.4. The van der Waals surface area contributed by atoms with Gasteiger partial charge in [-0.25, -0.2) is 4.79 Å². The lowest BCUT2D eigenvalue weighted by Gasteiger charge is -2.15. The van der Waals surface area contributed by atoms with Crippen LogP contribution in [0.15, 0.2) is 94.0 Å². The second-order valence-electron chi connectivity index (χ2n) is 10.5. The van der Waals surface area contributed by atoms with Gasteiger partial charge in [-0.05, 0) is 73.6 Å². The molecule has 9 heteroatoms. The van der Waals surface area contributed by atoms with Crippen molar-refractivity contribution >= 4 is 34.3 Å². The average Bonchev–Trinajstić information content (AvgIpc) is 3.01. The Bertz CT molecular complexity index is 1750. The first-order valence-electron chi connectivity index (χ1n) is 14.2. The van der Waals surface area contributed by atoms with Crippen molar-refractivity contribution < 1.29 is 9.59 Å². The number of hydrogen-bond donors (Lipinski definition) is 2. The van der Waals surface area contributed by atoms with E-state index >= 15 is 0 Å². The number of carbonyl (C=O) groups is 2. The summed E-state index contributed by atoms with van der Waals surface area (Å²) in [6, 6.07) is 20.8. The number of nitrogens with one attached hydrogen (secondary N) is 2. The minimum Gasteiger partial charge on any atom is -0.354 e. The van der Waals surface area contributed by atoms with Crippen LogP contribution < -0.4 is 21.9 Å². The fourth-order valence-corrected chi connectivity index (χ4v) is 5.42. The molecule has 0 atom stereocenters. The van der Waals surface area contributed by atoms with E-state index in [0.717, 1.165) is 29.4 Å². The minimum atomic E-state index is -0.564. The molecule has 0 unspecified atom stereocenters. The Morgan fingerprint density at radius 1 is 0.857 bits per heavy atom. The number of halogens is 1. The number of nitrogens with zero attached hydrogens (tertiary/aromatic N) is 2. The molecule has 0 fully saturated rings. The van der Waals surface area contributed by atoms with Crippen LogP contribution in [0.4, 0.5) is 0 Å². The van der Waals surface area contributed by atoms with E-state index in [2.05, 4.69) is 16.7 Å². The third-order valence-electron chi connectivity index (χ3n) is 7.54. The Hall–Kier alpha value is -4.43. The molecule has 1 aliphatic rings. The van der Waals surface area contributed by atoms with Crippen molar-refractivity contribution in [2.24, 2.45) is 0 Å². The van der Waals surface area contributed by atoms with Crippen molar-refractivity contribution in [1.82, 2.24) is 19.8 Å². The van der Waals surface area contributed by atoms with Gasteiger partial charge in [-0.2, -0.15) is 0 Å². The fraction of sp³-hybridized carbons (Fsp3) is 0.273. The molecule has 1 heterocycles. The molecule has 216 valence electrons. The number of hydrogen-bond acceptors (Lipinski definition) is 4. The highest BCUT2D eigenvalue weighted by Gasteiger charge is 2.16. The molecule has 1 aromatic heterocycles. The zero-order chi connectivity index (χ0) is 29.5. The number of allylic oxidation sites excluding steroid dienone is 1. The van der Waals surface area contributed by atoms with Gasteiger partial charge in [-0.1, -0.05) is 65.7 Å². The van der Waals surface area contributed by atoms with Crippen LogP contribution in [-0.4, -0.2) is 27.5 Å². The van der Waals surface area contributed by atoms with E-state index < -0.39 is 11.2 Å². The van der Waals surface area contributed by atoms with Gasteiger partial charge in [0, 0.05) is 23.7 Å². The molecule has 4 aromatic rings. The van der Waals surface area contributed by atoms with E-state index in [0.29, 0.717) is 33.6 Å². The van der Waals surface area contributed by atoms with Crippen molar-refractivity contribution in [1.29, 1.82) is 0 Å². The van der Waals surface area contributed by atoms with Gasteiger partial charge in [-0.15, -0.1) is 0 Å². The summed E-state index contributed by atoms with van der Waals surface area (Å²) in [6.45, 7) is 0.607. The maximum atomic E-state index is 13.5. The second kappa shape index (κ2) is 13.5. The Balaban J connectivity index is 1.30. The molecule has 0 radical (unpaired) electrons. The SMILES string of the molecule is O=C(Cn1c(=O)n(Cc2ccc(C(=O)NCc3ccccc3Cl)cc2)c(=O)c2ccccc21)NCCC1=CCCCC1. The van der Waals surface area contributed by atoms with Gasteiger partial charge in [0.15, 0.2) is 0 Å². The molecule has 1 aliphatic carbocycles. The summed E-state index contributed by atoms with van der Waals surface area (Å²) in [7, 11) is 0. The first-order valence-corrected chi connectivity index (χ1v) is 14.6. The van der Waals surface area contributed by atoms with E-state index in [1.54, 1.807) is 54.6 Å².